The van der Waals surface area contributed by atoms with Gasteiger partial charge in [-0.25, -0.2) is 8.42 Å². The van der Waals surface area contributed by atoms with E-state index in [2.05, 4.69) is 27.9 Å². The Balaban J connectivity index is 2.32. The molecule has 0 fully saturated rings. The molecule has 174 valence electrons. The molecule has 1 N–H and O–H groups in total. The third-order valence-electron chi connectivity index (χ3n) is 4.84. The second kappa shape index (κ2) is 11.6. The van der Waals surface area contributed by atoms with Crippen molar-refractivity contribution in [3.63, 3.8) is 0 Å². The van der Waals surface area contributed by atoms with Crippen molar-refractivity contribution in [2.24, 2.45) is 5.92 Å². The van der Waals surface area contributed by atoms with Crippen LogP contribution in [0.1, 0.15) is 26.3 Å². The molecule has 2 rings (SSSR count). The molecule has 0 aliphatic rings. The lowest BCUT2D eigenvalue weighted by Gasteiger charge is -2.31. The summed E-state index contributed by atoms with van der Waals surface area (Å²) in [5.41, 5.74) is 1.25. The monoisotopic (exact) mass is 571 g/mol. The Morgan fingerprint density at radius 3 is 2.12 bits per heavy atom. The normalized spacial score (nSPS) is 12.3. The summed E-state index contributed by atoms with van der Waals surface area (Å²) in [7, 11) is -3.72. The predicted octanol–water partition coefficient (Wildman–Crippen LogP) is 3.25. The number of nitrogens with one attached hydrogen (secondary N) is 1. The first-order chi connectivity index (χ1) is 15.0. The van der Waals surface area contributed by atoms with Gasteiger partial charge in [-0.15, -0.1) is 0 Å². The van der Waals surface area contributed by atoms with Crippen molar-refractivity contribution in [1.29, 1.82) is 0 Å². The molecule has 2 amide bonds. The number of carbonyl (C=O) groups excluding carboxylic acids is 2. The second-order valence-corrected chi connectivity index (χ2v) is 11.2. The molecule has 0 aromatic heterocycles. The summed E-state index contributed by atoms with van der Waals surface area (Å²) in [6, 6.07) is 15.4. The molecule has 0 heterocycles. The average Bonchev–Trinajstić information content (AvgIpc) is 2.74. The van der Waals surface area contributed by atoms with Gasteiger partial charge in [0.2, 0.25) is 21.8 Å². The Morgan fingerprint density at radius 1 is 1.00 bits per heavy atom. The van der Waals surface area contributed by atoms with Crippen molar-refractivity contribution in [3.05, 3.63) is 63.7 Å². The van der Waals surface area contributed by atoms with Gasteiger partial charge in [0.1, 0.15) is 12.6 Å². The highest BCUT2D eigenvalue weighted by molar-refractivity contribution is 14.1. The topological polar surface area (TPSA) is 86.8 Å². The van der Waals surface area contributed by atoms with E-state index in [-0.39, 0.29) is 18.4 Å². The van der Waals surface area contributed by atoms with Gasteiger partial charge >= 0.3 is 0 Å². The lowest BCUT2D eigenvalue weighted by Crippen LogP contribution is -2.51. The molecule has 7 nitrogen and oxygen atoms in total. The molecule has 0 bridgehead atoms. The molecule has 0 saturated carbocycles. The van der Waals surface area contributed by atoms with Crippen LogP contribution in [0.25, 0.3) is 0 Å². The van der Waals surface area contributed by atoms with Gasteiger partial charge in [-0.1, -0.05) is 44.2 Å². The van der Waals surface area contributed by atoms with Crippen LogP contribution in [0.2, 0.25) is 0 Å². The molecule has 9 heteroatoms. The van der Waals surface area contributed by atoms with E-state index >= 15 is 0 Å². The van der Waals surface area contributed by atoms with Gasteiger partial charge in [0, 0.05) is 16.7 Å². The summed E-state index contributed by atoms with van der Waals surface area (Å²) in [6.45, 7) is 5.93. The highest BCUT2D eigenvalue weighted by Gasteiger charge is 2.30. The molecule has 0 spiro atoms. The largest absolute Gasteiger partial charge is 0.354 e. The van der Waals surface area contributed by atoms with E-state index in [4.69, 9.17) is 0 Å². The van der Waals surface area contributed by atoms with E-state index in [1.54, 1.807) is 31.2 Å². The minimum Gasteiger partial charge on any atom is -0.354 e. The molecule has 2 aromatic rings. The number of nitrogens with zero attached hydrogens (tertiary/aromatic N) is 2. The van der Waals surface area contributed by atoms with Crippen molar-refractivity contribution in [3.8, 4) is 0 Å². The molecule has 1 atom stereocenters. The van der Waals surface area contributed by atoms with Crippen molar-refractivity contribution >= 4 is 50.1 Å². The summed E-state index contributed by atoms with van der Waals surface area (Å²) < 4.78 is 27.0. The smallest absolute Gasteiger partial charge is 0.244 e. The van der Waals surface area contributed by atoms with E-state index in [0.29, 0.717) is 12.2 Å². The van der Waals surface area contributed by atoms with Gasteiger partial charge in [0.15, 0.2) is 0 Å². The first kappa shape index (κ1) is 26.1. The van der Waals surface area contributed by atoms with Crippen molar-refractivity contribution in [1.82, 2.24) is 10.2 Å². The van der Waals surface area contributed by atoms with E-state index < -0.39 is 28.5 Å². The molecule has 0 radical (unpaired) electrons. The van der Waals surface area contributed by atoms with Crippen LogP contribution in [-0.4, -0.2) is 50.5 Å². The zero-order chi connectivity index (χ0) is 23.9. The van der Waals surface area contributed by atoms with E-state index in [9.17, 15) is 18.0 Å². The van der Waals surface area contributed by atoms with Gasteiger partial charge in [-0.05, 0) is 65.3 Å². The standard InChI is InChI=1S/C23H30IN3O4S/c1-17(2)14-25-23(29)18(3)26(15-19-8-6-5-7-9-19)22(28)16-27(32(4,30)31)21-12-10-20(24)11-13-21/h5-13,17-18H,14-16H2,1-4H3,(H,25,29). The van der Waals surface area contributed by atoms with Gasteiger partial charge in [0.05, 0.1) is 11.9 Å². The molecule has 0 aliphatic heterocycles. The third kappa shape index (κ3) is 7.77. The van der Waals surface area contributed by atoms with Gasteiger partial charge in [-0.3, -0.25) is 13.9 Å². The Hall–Kier alpha value is -2.14. The number of carbonyl (C=O) groups is 2. The van der Waals surface area contributed by atoms with Crippen LogP contribution in [0.4, 0.5) is 5.69 Å². The molecular weight excluding hydrogens is 541 g/mol. The molecule has 0 saturated heterocycles. The van der Waals surface area contributed by atoms with Crippen molar-refractivity contribution < 1.29 is 18.0 Å². The zero-order valence-corrected chi connectivity index (χ0v) is 21.8. The Morgan fingerprint density at radius 2 is 1.59 bits per heavy atom. The van der Waals surface area contributed by atoms with Crippen LogP contribution >= 0.6 is 22.6 Å². The maximum atomic E-state index is 13.4. The maximum absolute atomic E-state index is 13.4. The number of benzene rings is 2. The molecule has 0 aliphatic carbocycles. The highest BCUT2D eigenvalue weighted by Crippen LogP contribution is 2.20. The Kier molecular flexibility index (Phi) is 9.50. The third-order valence-corrected chi connectivity index (χ3v) is 6.70. The van der Waals surface area contributed by atoms with E-state index in [1.165, 1.54) is 4.90 Å². The van der Waals surface area contributed by atoms with Crippen LogP contribution in [-0.2, 0) is 26.2 Å². The number of amides is 2. The van der Waals surface area contributed by atoms with E-state index in [0.717, 1.165) is 19.7 Å². The minimum absolute atomic E-state index is 0.195. The van der Waals surface area contributed by atoms with Gasteiger partial charge in [0.25, 0.3) is 0 Å². The van der Waals surface area contributed by atoms with Crippen LogP contribution in [0.3, 0.4) is 0 Å². The Bertz CT molecular complexity index is 1010. The summed E-state index contributed by atoms with van der Waals surface area (Å²) in [4.78, 5) is 27.5. The van der Waals surface area contributed by atoms with Crippen molar-refractivity contribution in [2.45, 2.75) is 33.4 Å². The van der Waals surface area contributed by atoms with Crippen LogP contribution < -0.4 is 9.62 Å². The fraction of sp³-hybridized carbons (Fsp3) is 0.391. The SMILES string of the molecule is CC(C)CNC(=O)C(C)N(Cc1ccccc1)C(=O)CN(c1ccc(I)cc1)S(C)(=O)=O. The van der Waals surface area contributed by atoms with Crippen LogP contribution in [0.5, 0.6) is 0 Å². The van der Waals surface area contributed by atoms with Gasteiger partial charge < -0.3 is 10.2 Å². The zero-order valence-electron chi connectivity index (χ0n) is 18.8. The number of hydrogen-bond acceptors (Lipinski definition) is 4. The lowest BCUT2D eigenvalue weighted by molar-refractivity contribution is -0.139. The molecule has 32 heavy (non-hydrogen) atoms. The predicted molar refractivity (Wildman–Crippen MR) is 136 cm³/mol. The fourth-order valence-corrected chi connectivity index (χ4v) is 4.25. The highest BCUT2D eigenvalue weighted by atomic mass is 127. The number of sulfonamides is 1. The molecule has 1 unspecified atom stereocenters. The lowest BCUT2D eigenvalue weighted by atomic mass is 10.1. The number of anilines is 1. The summed E-state index contributed by atoms with van der Waals surface area (Å²) >= 11 is 2.13. The van der Waals surface area contributed by atoms with Crippen LogP contribution in [0.15, 0.2) is 54.6 Å². The molecule has 2 aromatic carbocycles. The Labute approximate surface area is 204 Å². The first-order valence-electron chi connectivity index (χ1n) is 10.3. The van der Waals surface area contributed by atoms with Crippen LogP contribution in [0, 0.1) is 9.49 Å². The maximum Gasteiger partial charge on any atom is 0.244 e. The number of halogens is 1. The number of hydrogen-bond donors (Lipinski definition) is 1. The van der Waals surface area contributed by atoms with Crippen molar-refractivity contribution in [2.75, 3.05) is 23.7 Å². The molecular formula is C23H30IN3O4S. The summed E-state index contributed by atoms with van der Waals surface area (Å²) in [6.07, 6.45) is 1.07. The minimum atomic E-state index is -3.72. The van der Waals surface area contributed by atoms with E-state index in [1.807, 2.05) is 44.2 Å². The summed E-state index contributed by atoms with van der Waals surface area (Å²) in [5, 5.41) is 2.86. The second-order valence-electron chi connectivity index (χ2n) is 8.07. The summed E-state index contributed by atoms with van der Waals surface area (Å²) in [5.74, 6) is -0.459. The fourth-order valence-electron chi connectivity index (χ4n) is 3.04. The average molecular weight is 571 g/mol. The number of rotatable bonds is 10. The first-order valence-corrected chi connectivity index (χ1v) is 13.3. The quantitative estimate of drug-likeness (QED) is 0.444. The van der Waals surface area contributed by atoms with Gasteiger partial charge in [-0.2, -0.15) is 0 Å².